The van der Waals surface area contributed by atoms with Gasteiger partial charge < -0.3 is 37.2 Å². The molecule has 0 fully saturated rings. The Morgan fingerprint density at radius 3 is 0.669 bits per heavy atom. The van der Waals surface area contributed by atoms with E-state index >= 15 is 0 Å². The quantitative estimate of drug-likeness (QED) is 0.122. The second-order valence-corrected chi connectivity index (χ2v) is 42.6. The Balaban J connectivity index is 0.000000136. The van der Waals surface area contributed by atoms with Crippen LogP contribution >= 0.6 is 45.3 Å². The lowest BCUT2D eigenvalue weighted by Crippen LogP contribution is -2.10. The number of fused-ring (bicyclic) bond motifs is 36. The molecular weight excluding hydrogens is 1870 g/mol. The molecule has 0 atom stereocenters. The van der Waals surface area contributed by atoms with Gasteiger partial charge in [-0.1, -0.05) is 297 Å². The van der Waals surface area contributed by atoms with Crippen LogP contribution in [0, 0.1) is 0 Å². The van der Waals surface area contributed by atoms with E-state index in [1.807, 2.05) is 45.3 Å². The number of anilines is 12. The van der Waals surface area contributed by atoms with E-state index in [-0.39, 0.29) is 29.7 Å². The van der Waals surface area contributed by atoms with E-state index in [4.69, 9.17) is 0 Å². The van der Waals surface area contributed by atoms with Gasteiger partial charge in [-0.2, -0.15) is 0 Å². The van der Waals surface area contributed by atoms with E-state index in [2.05, 4.69) is 498 Å². The number of rotatable bonds is 12. The average Bonchev–Trinajstić information content (AvgIpc) is 1.51. The van der Waals surface area contributed by atoms with Crippen molar-refractivity contribution in [3.8, 4) is 0 Å². The number of thiophene rings is 4. The Kier molecular flexibility index (Phi) is 19.2. The molecule has 0 aliphatic rings. The summed E-state index contributed by atoms with van der Waals surface area (Å²) in [6, 6.07) is 171. The van der Waals surface area contributed by atoms with Gasteiger partial charge in [-0.05, 0) is 194 Å². The zero-order valence-corrected chi connectivity index (χ0v) is 80.4. The van der Waals surface area contributed by atoms with Crippen molar-refractivity contribution in [1.82, 2.24) is 17.6 Å². The van der Waals surface area contributed by atoms with Crippen LogP contribution < -0.4 is 19.6 Å². The third-order valence-corrected chi connectivity index (χ3v) is 35.7. The summed E-state index contributed by atoms with van der Waals surface area (Å²) < 4.78 is 20.6. The minimum absolute atomic E-state index is 0. The number of nitrogens with zero attached hydrogens (tertiary/aromatic N) is 8. The van der Waals surface area contributed by atoms with Crippen molar-refractivity contribution in [2.75, 3.05) is 19.6 Å². The van der Waals surface area contributed by atoms with Crippen molar-refractivity contribution in [1.29, 1.82) is 0 Å². The lowest BCUT2D eigenvalue weighted by atomic mass is 10.0. The Labute approximate surface area is 867 Å². The minimum atomic E-state index is 0. The third kappa shape index (κ3) is 12.0. The van der Waals surface area contributed by atoms with Crippen LogP contribution in [0.5, 0.6) is 0 Å². The molecule has 0 spiro atoms. The topological polar surface area (TPSA) is 30.6 Å². The van der Waals surface area contributed by atoms with Crippen LogP contribution in [0.3, 0.4) is 0 Å². The van der Waals surface area contributed by atoms with Gasteiger partial charge in [0.25, 0.3) is 0 Å². The van der Waals surface area contributed by atoms with Gasteiger partial charge in [-0.25, -0.2) is 0 Å². The van der Waals surface area contributed by atoms with Crippen LogP contribution in [0.25, 0.3) is 233 Å². The third-order valence-electron chi connectivity index (χ3n) is 31.0. The molecule has 0 aliphatic carbocycles. The van der Waals surface area contributed by atoms with Gasteiger partial charge in [0.1, 0.15) is 0 Å². The lowest BCUT2D eigenvalue weighted by Gasteiger charge is -2.27. The number of aromatic nitrogens is 4. The molecule has 12 aromatic heterocycles. The molecule has 0 radical (unpaired) electrons. The predicted octanol–water partition coefficient (Wildman–Crippen LogP) is 41.9. The summed E-state index contributed by atoms with van der Waals surface area (Å²) in [6.45, 7) is 0. The van der Waals surface area contributed by atoms with Crippen molar-refractivity contribution in [3.05, 3.63) is 461 Å². The highest BCUT2D eigenvalue weighted by molar-refractivity contribution is 7.27. The molecule has 8 nitrogen and oxygen atoms in total. The summed E-state index contributed by atoms with van der Waals surface area (Å²) >= 11 is 7.49. The maximum atomic E-state index is 2.55. The highest BCUT2D eigenvalue weighted by Crippen LogP contribution is 2.58. The molecular formula is C136H92N8S4. The standard InChI is InChI=1S/2C66H38N4S2.4CH4/c1-3-17-39(18-4-1)67(55-33-13-25-45-41-21-7-9-35-59(41)71-65(45)55)51-29-15-31-53-61(51)47-27-11-23-43-49-38-58-50(37-57(49)69(53)63(43)47)44-24-12-28-48-62-52(30-16-32-54(62)70(58)64(44)48)68(40-19-5-2-6-20-40)56-34-14-26-46-42-22-8-10-36-60(42)72-66(46)56;1-3-15-39(16-4-1)67(41-31-33-61-51(35-41)43-19-7-9-29-59(43)71-61)53-25-13-27-55-63(53)47-23-11-21-45-49-38-58-50(37-57(49)69(55)65(45)47)46-22-12-24-48-64-54(26-14-28-56(64)70(58)66(46)48)68(40-17-5-2-6-18-40)42-32-34-62-52(36-42)44-20-8-10-30-60(44)72-62;;;;/h2*1-38H;4*1H4. The summed E-state index contributed by atoms with van der Waals surface area (Å²) in [6.07, 6.45) is 0. The highest BCUT2D eigenvalue weighted by atomic mass is 32.1. The van der Waals surface area contributed by atoms with Crippen LogP contribution in [0.2, 0.25) is 0 Å². The average molecular weight is 1970 g/mol. The summed E-state index contributed by atoms with van der Waals surface area (Å²) in [7, 11) is 0. The van der Waals surface area contributed by atoms with Crippen molar-refractivity contribution >= 4 is 347 Å². The molecule has 0 saturated carbocycles. The molecule has 34 rings (SSSR count). The van der Waals surface area contributed by atoms with Crippen LogP contribution in [0.15, 0.2) is 461 Å². The molecule has 700 valence electrons. The number of hydrogen-bond acceptors (Lipinski definition) is 8. The van der Waals surface area contributed by atoms with E-state index in [9.17, 15) is 0 Å². The van der Waals surface area contributed by atoms with Crippen LogP contribution in [-0.4, -0.2) is 17.6 Å². The second kappa shape index (κ2) is 32.8. The Bertz CT molecular complexity index is 10800. The highest BCUT2D eigenvalue weighted by Gasteiger charge is 2.33. The van der Waals surface area contributed by atoms with Gasteiger partial charge in [-0.15, -0.1) is 45.3 Å². The molecule has 12 heteroatoms. The van der Waals surface area contributed by atoms with Crippen molar-refractivity contribution in [2.24, 2.45) is 0 Å². The van der Waals surface area contributed by atoms with E-state index in [1.54, 1.807) is 0 Å². The first kappa shape index (κ1) is 86.8. The zero-order chi connectivity index (χ0) is 93.5. The summed E-state index contributed by atoms with van der Waals surface area (Å²) in [4.78, 5) is 9.92. The van der Waals surface area contributed by atoms with Gasteiger partial charge in [0.2, 0.25) is 0 Å². The Morgan fingerprint density at radius 1 is 0.135 bits per heavy atom. The van der Waals surface area contributed by atoms with E-state index < -0.39 is 0 Å². The van der Waals surface area contributed by atoms with Crippen molar-refractivity contribution < 1.29 is 0 Å². The molecule has 148 heavy (non-hydrogen) atoms. The number of benzene rings is 22. The zero-order valence-electron chi connectivity index (χ0n) is 77.1. The first-order chi connectivity index (χ1) is 71.5. The normalized spacial score (nSPS) is 12.1. The van der Waals surface area contributed by atoms with Gasteiger partial charge in [-0.3, -0.25) is 0 Å². The fourth-order valence-electron chi connectivity index (χ4n) is 25.3. The van der Waals surface area contributed by atoms with Crippen molar-refractivity contribution in [2.45, 2.75) is 29.7 Å². The largest absolute Gasteiger partial charge is 0.310 e. The maximum absolute atomic E-state index is 2.55. The summed E-state index contributed by atoms with van der Waals surface area (Å²) in [5.41, 5.74) is 28.7. The van der Waals surface area contributed by atoms with Crippen LogP contribution in [0.4, 0.5) is 68.2 Å². The lowest BCUT2D eigenvalue weighted by molar-refractivity contribution is 1.30. The molecule has 0 N–H and O–H groups in total. The number of hydrogen-bond donors (Lipinski definition) is 0. The van der Waals surface area contributed by atoms with E-state index in [1.165, 1.54) is 267 Å². The van der Waals surface area contributed by atoms with Gasteiger partial charge in [0, 0.05) is 192 Å². The molecule has 12 heterocycles. The summed E-state index contributed by atoms with van der Waals surface area (Å²) in [5.74, 6) is 0. The van der Waals surface area contributed by atoms with Crippen LogP contribution in [-0.2, 0) is 0 Å². The summed E-state index contributed by atoms with van der Waals surface area (Å²) in [5, 5.41) is 30.5. The maximum Gasteiger partial charge on any atom is 0.0640 e. The van der Waals surface area contributed by atoms with Gasteiger partial charge >= 0.3 is 0 Å². The fraction of sp³-hybridized carbons (Fsp3) is 0.0294. The van der Waals surface area contributed by atoms with Crippen LogP contribution in [0.1, 0.15) is 29.7 Å². The smallest absolute Gasteiger partial charge is 0.0640 e. The SMILES string of the molecule is C.C.C.C.c1ccc(N(c2ccc3sc4ccccc4c3c2)c2cccc3c2c2cccc4c5cc6c(cc5n3c42)c2cccc3c4c(N(c5ccccc5)c5ccc7sc8ccccc8c7c5)cccc4n6c23)cc1.c1ccc(N(c2cccc3c2sc2ccccc23)c2cccc3c2c2cccc4c5cc6c(cc5n3c42)c2cccc3c4c(N(c5ccccc5)c5cccc7c5sc5ccccc57)cccc4n6c23)cc1. The second-order valence-electron chi connectivity index (χ2n) is 38.4. The number of para-hydroxylation sites is 8. The Hall–Kier alpha value is -17.9. The molecule has 34 aromatic rings. The molecule has 0 unspecified atom stereocenters. The Morgan fingerprint density at radius 2 is 0.358 bits per heavy atom. The van der Waals surface area contributed by atoms with E-state index in [0.29, 0.717) is 0 Å². The molecule has 0 saturated heterocycles. The van der Waals surface area contributed by atoms with Gasteiger partial charge in [0.05, 0.1) is 110 Å². The predicted molar refractivity (Wildman–Crippen MR) is 649 cm³/mol. The first-order valence-electron chi connectivity index (χ1n) is 49.2. The molecule has 0 aliphatic heterocycles. The molecule has 0 amide bonds. The molecule has 22 aromatic carbocycles. The van der Waals surface area contributed by atoms with Crippen molar-refractivity contribution in [3.63, 3.8) is 0 Å². The first-order valence-corrected chi connectivity index (χ1v) is 52.4. The van der Waals surface area contributed by atoms with E-state index in [0.717, 1.165) is 34.1 Å². The monoisotopic (exact) mass is 1960 g/mol. The fourth-order valence-corrected chi connectivity index (χ4v) is 29.8. The minimum Gasteiger partial charge on any atom is -0.310 e. The molecule has 0 bridgehead atoms. The van der Waals surface area contributed by atoms with Gasteiger partial charge in [0.15, 0.2) is 0 Å².